The van der Waals surface area contributed by atoms with Crippen LogP contribution in [-0.4, -0.2) is 37.1 Å². The predicted molar refractivity (Wildman–Crippen MR) is 88.0 cm³/mol. The molecule has 2 nitrogen and oxygen atoms in total. The zero-order valence-corrected chi connectivity index (χ0v) is 14.0. The summed E-state index contributed by atoms with van der Waals surface area (Å²) in [7, 11) is 0. The molecule has 1 saturated carbocycles. The minimum absolute atomic E-state index is 0.766. The van der Waals surface area contributed by atoms with E-state index in [4.69, 9.17) is 0 Å². The van der Waals surface area contributed by atoms with E-state index in [0.29, 0.717) is 0 Å². The third-order valence-electron chi connectivity index (χ3n) is 5.71. The Bertz CT molecular complexity index is 258. The number of piperidine rings is 1. The highest BCUT2D eigenvalue weighted by molar-refractivity contribution is 4.84. The first-order chi connectivity index (χ1) is 9.72. The molecule has 2 aliphatic rings. The molecule has 118 valence electrons. The van der Waals surface area contributed by atoms with Gasteiger partial charge in [-0.15, -0.1) is 0 Å². The van der Waals surface area contributed by atoms with Gasteiger partial charge in [-0.05, 0) is 56.5 Å². The van der Waals surface area contributed by atoms with Crippen molar-refractivity contribution in [3.8, 4) is 0 Å². The first-order valence-electron chi connectivity index (χ1n) is 9.18. The summed E-state index contributed by atoms with van der Waals surface area (Å²) in [6, 6.07) is 0.766. The minimum Gasteiger partial charge on any atom is -0.314 e. The van der Waals surface area contributed by atoms with Gasteiger partial charge < -0.3 is 10.2 Å². The number of nitrogens with one attached hydrogen (secondary N) is 1. The van der Waals surface area contributed by atoms with Crippen molar-refractivity contribution in [1.82, 2.24) is 10.2 Å². The van der Waals surface area contributed by atoms with Gasteiger partial charge in [0.1, 0.15) is 0 Å². The molecule has 0 amide bonds. The normalized spacial score (nSPS) is 36.1. The van der Waals surface area contributed by atoms with E-state index in [1.54, 1.807) is 0 Å². The van der Waals surface area contributed by atoms with Crippen molar-refractivity contribution in [1.29, 1.82) is 0 Å². The predicted octanol–water partition coefficient (Wildman–Crippen LogP) is 3.91. The van der Waals surface area contributed by atoms with Crippen molar-refractivity contribution in [2.75, 3.05) is 26.2 Å². The zero-order valence-electron chi connectivity index (χ0n) is 14.0. The van der Waals surface area contributed by atoms with Gasteiger partial charge in [-0.25, -0.2) is 0 Å². The summed E-state index contributed by atoms with van der Waals surface area (Å²) >= 11 is 0. The average Bonchev–Trinajstić information content (AvgIpc) is 2.47. The third kappa shape index (κ3) is 4.73. The van der Waals surface area contributed by atoms with Crippen LogP contribution in [0.5, 0.6) is 0 Å². The quantitative estimate of drug-likeness (QED) is 0.793. The van der Waals surface area contributed by atoms with Gasteiger partial charge in [0, 0.05) is 19.1 Å². The molecule has 2 unspecified atom stereocenters. The second-order valence-corrected chi connectivity index (χ2v) is 7.38. The molecule has 0 radical (unpaired) electrons. The Morgan fingerprint density at radius 3 is 2.30 bits per heavy atom. The molecule has 1 aliphatic carbocycles. The molecule has 2 heteroatoms. The third-order valence-corrected chi connectivity index (χ3v) is 5.71. The van der Waals surface area contributed by atoms with Gasteiger partial charge in [0.05, 0.1) is 0 Å². The van der Waals surface area contributed by atoms with Crippen molar-refractivity contribution in [2.45, 2.75) is 71.8 Å². The van der Waals surface area contributed by atoms with Crippen LogP contribution in [0.1, 0.15) is 65.7 Å². The Labute approximate surface area is 126 Å². The highest BCUT2D eigenvalue weighted by Crippen LogP contribution is 2.31. The number of rotatable bonds is 6. The van der Waals surface area contributed by atoms with E-state index in [1.807, 2.05) is 0 Å². The highest BCUT2D eigenvalue weighted by Gasteiger charge is 2.28. The Hall–Kier alpha value is -0.0800. The van der Waals surface area contributed by atoms with Crippen molar-refractivity contribution >= 4 is 0 Å². The fourth-order valence-corrected chi connectivity index (χ4v) is 4.22. The lowest BCUT2D eigenvalue weighted by Gasteiger charge is -2.40. The number of nitrogens with zero attached hydrogens (tertiary/aromatic N) is 1. The van der Waals surface area contributed by atoms with Crippen LogP contribution in [0.2, 0.25) is 0 Å². The number of hydrogen-bond donors (Lipinski definition) is 1. The number of likely N-dealkylation sites (tertiary alicyclic amines) is 1. The van der Waals surface area contributed by atoms with Crippen molar-refractivity contribution in [3.05, 3.63) is 0 Å². The van der Waals surface area contributed by atoms with Crippen LogP contribution in [0.3, 0.4) is 0 Å². The topological polar surface area (TPSA) is 15.3 Å². The van der Waals surface area contributed by atoms with Gasteiger partial charge in [-0.2, -0.15) is 0 Å². The molecule has 2 atom stereocenters. The molecular formula is C18H36N2. The van der Waals surface area contributed by atoms with Crippen LogP contribution in [0.4, 0.5) is 0 Å². The summed E-state index contributed by atoms with van der Waals surface area (Å²) in [5.41, 5.74) is 0. The van der Waals surface area contributed by atoms with Crippen molar-refractivity contribution < 1.29 is 0 Å². The Balaban J connectivity index is 1.68. The minimum atomic E-state index is 0.766. The van der Waals surface area contributed by atoms with Crippen LogP contribution >= 0.6 is 0 Å². The van der Waals surface area contributed by atoms with Crippen molar-refractivity contribution in [3.63, 3.8) is 0 Å². The molecule has 1 heterocycles. The summed E-state index contributed by atoms with van der Waals surface area (Å²) in [6.07, 6.45) is 9.97. The van der Waals surface area contributed by atoms with E-state index in [1.165, 1.54) is 71.1 Å². The van der Waals surface area contributed by atoms with Crippen LogP contribution in [0, 0.1) is 17.8 Å². The van der Waals surface area contributed by atoms with Crippen LogP contribution < -0.4 is 5.32 Å². The van der Waals surface area contributed by atoms with E-state index >= 15 is 0 Å². The Morgan fingerprint density at radius 2 is 1.70 bits per heavy atom. The first-order valence-corrected chi connectivity index (χ1v) is 9.18. The second-order valence-electron chi connectivity index (χ2n) is 7.38. The lowest BCUT2D eigenvalue weighted by molar-refractivity contribution is 0.112. The zero-order chi connectivity index (χ0) is 14.4. The van der Waals surface area contributed by atoms with Crippen LogP contribution in [-0.2, 0) is 0 Å². The van der Waals surface area contributed by atoms with E-state index < -0.39 is 0 Å². The molecule has 2 fully saturated rings. The van der Waals surface area contributed by atoms with Gasteiger partial charge in [-0.1, -0.05) is 40.0 Å². The van der Waals surface area contributed by atoms with Crippen molar-refractivity contribution in [2.24, 2.45) is 17.8 Å². The highest BCUT2D eigenvalue weighted by atomic mass is 15.1. The summed E-state index contributed by atoms with van der Waals surface area (Å²) < 4.78 is 0. The summed E-state index contributed by atoms with van der Waals surface area (Å²) in [4.78, 5) is 2.76. The largest absolute Gasteiger partial charge is 0.314 e. The van der Waals surface area contributed by atoms with Gasteiger partial charge in [0.15, 0.2) is 0 Å². The molecule has 0 aromatic carbocycles. The molecule has 1 saturated heterocycles. The molecule has 0 bridgehead atoms. The summed E-state index contributed by atoms with van der Waals surface area (Å²) in [6.45, 7) is 12.3. The molecule has 0 aromatic rings. The van der Waals surface area contributed by atoms with Gasteiger partial charge in [0.2, 0.25) is 0 Å². The smallest absolute Gasteiger partial charge is 0.0117 e. The molecule has 1 aliphatic heterocycles. The SMILES string of the molecule is CCCNC1CCN(CC2CCC(CC)CC2)CC1C. The molecule has 20 heavy (non-hydrogen) atoms. The lowest BCUT2D eigenvalue weighted by Crippen LogP contribution is -2.49. The molecule has 0 spiro atoms. The van der Waals surface area contributed by atoms with Gasteiger partial charge >= 0.3 is 0 Å². The summed E-state index contributed by atoms with van der Waals surface area (Å²) in [5, 5.41) is 3.73. The number of hydrogen-bond acceptors (Lipinski definition) is 2. The maximum atomic E-state index is 3.73. The van der Waals surface area contributed by atoms with E-state index in [2.05, 4.69) is 31.0 Å². The molecule has 2 rings (SSSR count). The van der Waals surface area contributed by atoms with Crippen LogP contribution in [0.15, 0.2) is 0 Å². The van der Waals surface area contributed by atoms with Gasteiger partial charge in [-0.3, -0.25) is 0 Å². The fraction of sp³-hybridized carbons (Fsp3) is 1.00. The Morgan fingerprint density at radius 1 is 1.00 bits per heavy atom. The summed E-state index contributed by atoms with van der Waals surface area (Å²) in [5.74, 6) is 2.85. The lowest BCUT2D eigenvalue weighted by atomic mass is 9.80. The van der Waals surface area contributed by atoms with E-state index in [0.717, 1.165) is 23.8 Å². The van der Waals surface area contributed by atoms with E-state index in [9.17, 15) is 0 Å². The average molecular weight is 280 g/mol. The molecule has 1 N–H and O–H groups in total. The van der Waals surface area contributed by atoms with Gasteiger partial charge in [0.25, 0.3) is 0 Å². The first kappa shape index (κ1) is 16.3. The fourth-order valence-electron chi connectivity index (χ4n) is 4.22. The standard InChI is InChI=1S/C18H36N2/c1-4-11-19-18-10-12-20(13-15(18)3)14-17-8-6-16(5-2)7-9-17/h15-19H,4-14H2,1-3H3. The molecular weight excluding hydrogens is 244 g/mol. The van der Waals surface area contributed by atoms with E-state index in [-0.39, 0.29) is 0 Å². The second kappa shape index (κ2) is 8.38. The Kier molecular flexibility index (Phi) is 6.83. The molecule has 0 aromatic heterocycles. The van der Waals surface area contributed by atoms with Crippen LogP contribution in [0.25, 0.3) is 0 Å². The maximum Gasteiger partial charge on any atom is 0.0117 e. The monoisotopic (exact) mass is 280 g/mol. The maximum absolute atomic E-state index is 3.73.